The van der Waals surface area contributed by atoms with Crippen LogP contribution in [0, 0.1) is 0 Å². The summed E-state index contributed by atoms with van der Waals surface area (Å²) in [6.45, 7) is 4.18. The number of nitrogens with zero attached hydrogens (tertiary/aromatic N) is 1. The van der Waals surface area contributed by atoms with E-state index in [-0.39, 0.29) is 5.91 Å². The van der Waals surface area contributed by atoms with Crippen LogP contribution in [0.15, 0.2) is 60.7 Å². The predicted octanol–water partition coefficient (Wildman–Crippen LogP) is 6.12. The van der Waals surface area contributed by atoms with Crippen molar-refractivity contribution in [3.05, 3.63) is 71.8 Å². The lowest BCUT2D eigenvalue weighted by molar-refractivity contribution is -0.137. The molecule has 0 saturated heterocycles. The third-order valence-electron chi connectivity index (χ3n) is 4.63. The van der Waals surface area contributed by atoms with Crippen molar-refractivity contribution < 1.29 is 18.0 Å². The molecule has 30 heavy (non-hydrogen) atoms. The van der Waals surface area contributed by atoms with Gasteiger partial charge in [-0.1, -0.05) is 19.1 Å². The summed E-state index contributed by atoms with van der Waals surface area (Å²) in [6, 6.07) is 14.2. The van der Waals surface area contributed by atoms with E-state index in [1.54, 1.807) is 6.07 Å². The van der Waals surface area contributed by atoms with Crippen molar-refractivity contribution >= 4 is 34.4 Å². The van der Waals surface area contributed by atoms with Crippen LogP contribution >= 0.6 is 0 Å². The second kappa shape index (κ2) is 8.98. The fourth-order valence-electron chi connectivity index (χ4n) is 2.78. The maximum Gasteiger partial charge on any atom is 0.416 e. The lowest BCUT2D eigenvalue weighted by atomic mass is 10.1. The number of halogens is 3. The van der Waals surface area contributed by atoms with Crippen molar-refractivity contribution in [3.63, 3.8) is 0 Å². The molecule has 0 aliphatic heterocycles. The molecular weight excluding hydrogens is 391 g/mol. The Hall–Kier alpha value is -3.35. The van der Waals surface area contributed by atoms with Gasteiger partial charge in [-0.2, -0.15) is 13.2 Å². The number of hydrogen-bond donors (Lipinski definition) is 2. The number of hydrogen-bond acceptors (Lipinski definition) is 3. The number of benzene rings is 2. The first-order valence-corrected chi connectivity index (χ1v) is 9.58. The number of anilines is 2. The summed E-state index contributed by atoms with van der Waals surface area (Å²) in [4.78, 5) is 16.7. The van der Waals surface area contributed by atoms with Crippen molar-refractivity contribution in [3.8, 4) is 0 Å². The number of carbonyl (C=O) groups excluding carboxylic acids is 1. The Bertz CT molecular complexity index is 1060. The number of pyridine rings is 1. The zero-order chi connectivity index (χ0) is 21.7. The van der Waals surface area contributed by atoms with E-state index >= 15 is 0 Å². The Morgan fingerprint density at radius 2 is 1.83 bits per heavy atom. The molecule has 2 N–H and O–H groups in total. The van der Waals surface area contributed by atoms with Crippen LogP contribution < -0.4 is 10.6 Å². The number of fused-ring (bicyclic) bond motifs is 1. The monoisotopic (exact) mass is 413 g/mol. The van der Waals surface area contributed by atoms with Crippen LogP contribution in [-0.2, 0) is 11.0 Å². The van der Waals surface area contributed by atoms with Gasteiger partial charge in [0.05, 0.1) is 11.1 Å². The highest BCUT2D eigenvalue weighted by Gasteiger charge is 2.29. The molecule has 1 amide bonds. The van der Waals surface area contributed by atoms with E-state index < -0.39 is 11.7 Å². The summed E-state index contributed by atoms with van der Waals surface area (Å²) in [5, 5.41) is 6.95. The van der Waals surface area contributed by atoms with Crippen LogP contribution in [0.5, 0.6) is 0 Å². The maximum atomic E-state index is 12.6. The van der Waals surface area contributed by atoms with Gasteiger partial charge in [0.15, 0.2) is 0 Å². The van der Waals surface area contributed by atoms with Crippen molar-refractivity contribution in [1.29, 1.82) is 0 Å². The topological polar surface area (TPSA) is 54.0 Å². The minimum absolute atomic E-state index is 0.324. The Morgan fingerprint density at radius 1 is 1.10 bits per heavy atom. The minimum atomic E-state index is -4.38. The average Bonchev–Trinajstić information content (AvgIpc) is 2.72. The molecule has 4 nitrogen and oxygen atoms in total. The van der Waals surface area contributed by atoms with Crippen LogP contribution in [0.3, 0.4) is 0 Å². The second-order valence-corrected chi connectivity index (χ2v) is 7.00. The maximum absolute atomic E-state index is 12.6. The summed E-state index contributed by atoms with van der Waals surface area (Å²) in [7, 11) is 0. The summed E-state index contributed by atoms with van der Waals surface area (Å²) in [5.74, 6) is 0.422. The number of alkyl halides is 3. The minimum Gasteiger partial charge on any atom is -0.368 e. The molecule has 156 valence electrons. The van der Waals surface area contributed by atoms with E-state index in [4.69, 9.17) is 0 Å². The fourth-order valence-corrected chi connectivity index (χ4v) is 2.78. The van der Waals surface area contributed by atoms with Gasteiger partial charge in [-0.25, -0.2) is 4.98 Å². The molecule has 0 aliphatic rings. The summed E-state index contributed by atoms with van der Waals surface area (Å²) < 4.78 is 37.8. The highest BCUT2D eigenvalue weighted by molar-refractivity contribution is 6.03. The van der Waals surface area contributed by atoms with Crippen molar-refractivity contribution in [2.24, 2.45) is 0 Å². The molecule has 1 atom stereocenters. The molecule has 0 aliphatic carbocycles. The predicted molar refractivity (Wildman–Crippen MR) is 114 cm³/mol. The SMILES string of the molecule is CCC(C)Nc1ccc2cc(NC(=O)/C=C/c3ccc(C(F)(F)F)cc3)ccc2n1. The van der Waals surface area contributed by atoms with E-state index in [0.29, 0.717) is 17.3 Å². The van der Waals surface area contributed by atoms with E-state index in [2.05, 4.69) is 29.5 Å². The molecule has 1 unspecified atom stereocenters. The number of amides is 1. The largest absolute Gasteiger partial charge is 0.416 e. The molecule has 0 bridgehead atoms. The van der Waals surface area contributed by atoms with Gasteiger partial charge >= 0.3 is 6.18 Å². The summed E-state index contributed by atoms with van der Waals surface area (Å²) in [5.41, 5.74) is 1.19. The van der Waals surface area contributed by atoms with Crippen molar-refractivity contribution in [2.45, 2.75) is 32.5 Å². The van der Waals surface area contributed by atoms with Gasteiger partial charge in [-0.05, 0) is 67.4 Å². The molecular formula is C23H22F3N3O. The molecule has 2 aromatic carbocycles. The van der Waals surface area contributed by atoms with Crippen LogP contribution in [0.1, 0.15) is 31.4 Å². The van der Waals surface area contributed by atoms with E-state index in [1.807, 2.05) is 24.3 Å². The van der Waals surface area contributed by atoms with Crippen LogP contribution in [0.2, 0.25) is 0 Å². The Balaban J connectivity index is 1.65. The third kappa shape index (κ3) is 5.59. The molecule has 0 fully saturated rings. The van der Waals surface area contributed by atoms with Crippen LogP contribution in [-0.4, -0.2) is 16.9 Å². The molecule has 7 heteroatoms. The average molecular weight is 413 g/mol. The van der Waals surface area contributed by atoms with E-state index in [9.17, 15) is 18.0 Å². The lowest BCUT2D eigenvalue weighted by Crippen LogP contribution is -2.14. The third-order valence-corrected chi connectivity index (χ3v) is 4.63. The molecule has 0 radical (unpaired) electrons. The number of carbonyl (C=O) groups is 1. The molecule has 1 aromatic heterocycles. The molecule has 3 rings (SSSR count). The number of aromatic nitrogens is 1. The normalized spacial score (nSPS) is 12.8. The first-order chi connectivity index (χ1) is 14.2. The number of nitrogens with one attached hydrogen (secondary N) is 2. The lowest BCUT2D eigenvalue weighted by Gasteiger charge is -2.12. The van der Waals surface area contributed by atoms with Gasteiger partial charge in [0.2, 0.25) is 5.91 Å². The molecule has 1 heterocycles. The highest BCUT2D eigenvalue weighted by Crippen LogP contribution is 2.29. The number of rotatable bonds is 6. The quantitative estimate of drug-likeness (QED) is 0.479. The standard InChI is InChI=1S/C23H22F3N3O/c1-3-15(2)27-21-12-7-17-14-19(10-11-20(17)29-21)28-22(30)13-6-16-4-8-18(9-5-16)23(24,25)26/h4-15H,3H2,1-2H3,(H,27,29)(H,28,30)/b13-6+. The van der Waals surface area contributed by atoms with Gasteiger partial charge < -0.3 is 10.6 Å². The van der Waals surface area contributed by atoms with Crippen molar-refractivity contribution in [1.82, 2.24) is 4.98 Å². The van der Waals surface area contributed by atoms with Crippen LogP contribution in [0.4, 0.5) is 24.7 Å². The van der Waals surface area contributed by atoms with E-state index in [1.165, 1.54) is 24.3 Å². The molecule has 3 aromatic rings. The first-order valence-electron chi connectivity index (χ1n) is 9.58. The van der Waals surface area contributed by atoms with Gasteiger partial charge in [-0.15, -0.1) is 0 Å². The summed E-state index contributed by atoms with van der Waals surface area (Å²) in [6.07, 6.45) is -0.643. The zero-order valence-corrected chi connectivity index (χ0v) is 16.6. The fraction of sp³-hybridized carbons (Fsp3) is 0.217. The Labute approximate surface area is 172 Å². The second-order valence-electron chi connectivity index (χ2n) is 7.00. The first kappa shape index (κ1) is 21.4. The summed E-state index contributed by atoms with van der Waals surface area (Å²) >= 11 is 0. The zero-order valence-electron chi connectivity index (χ0n) is 16.6. The van der Waals surface area contributed by atoms with Crippen molar-refractivity contribution in [2.75, 3.05) is 10.6 Å². The van der Waals surface area contributed by atoms with Gasteiger partial charge in [0, 0.05) is 23.2 Å². The Kier molecular flexibility index (Phi) is 6.40. The Morgan fingerprint density at radius 3 is 2.50 bits per heavy atom. The highest BCUT2D eigenvalue weighted by atomic mass is 19.4. The van der Waals surface area contributed by atoms with Crippen LogP contribution in [0.25, 0.3) is 17.0 Å². The van der Waals surface area contributed by atoms with Gasteiger partial charge in [-0.3, -0.25) is 4.79 Å². The molecule has 0 spiro atoms. The molecule has 0 saturated carbocycles. The van der Waals surface area contributed by atoms with Gasteiger partial charge in [0.25, 0.3) is 0 Å². The van der Waals surface area contributed by atoms with Gasteiger partial charge in [0.1, 0.15) is 5.82 Å². The smallest absolute Gasteiger partial charge is 0.368 e. The van der Waals surface area contributed by atoms with E-state index in [0.717, 1.165) is 35.3 Å².